The van der Waals surface area contributed by atoms with Crippen LogP contribution in [0.15, 0.2) is 12.3 Å². The van der Waals surface area contributed by atoms with Gasteiger partial charge in [-0.1, -0.05) is 0 Å². The molecule has 0 aliphatic carbocycles. The molecular formula is C12H22N4O. The van der Waals surface area contributed by atoms with Gasteiger partial charge in [-0.25, -0.2) is 4.98 Å². The third-order valence-corrected chi connectivity index (χ3v) is 2.27. The standard InChI is InChI=1S/C12H22N4O/c1-4-16(9-5-7-13)12-14-8-6-11(15-12)17-10(2)3/h6,8,10H,4-5,7,9,13H2,1-3H3. The van der Waals surface area contributed by atoms with Crippen molar-refractivity contribution >= 4 is 5.95 Å². The Kier molecular flexibility index (Phi) is 5.69. The predicted molar refractivity (Wildman–Crippen MR) is 69.4 cm³/mol. The number of hydrogen-bond donors (Lipinski definition) is 1. The minimum atomic E-state index is 0.122. The van der Waals surface area contributed by atoms with Crippen LogP contribution in [0.25, 0.3) is 0 Å². The quantitative estimate of drug-likeness (QED) is 0.778. The summed E-state index contributed by atoms with van der Waals surface area (Å²) in [7, 11) is 0. The fourth-order valence-electron chi connectivity index (χ4n) is 1.47. The van der Waals surface area contributed by atoms with Crippen LogP contribution in [0.1, 0.15) is 27.2 Å². The minimum absolute atomic E-state index is 0.122. The van der Waals surface area contributed by atoms with Crippen LogP contribution < -0.4 is 15.4 Å². The lowest BCUT2D eigenvalue weighted by Crippen LogP contribution is -2.27. The monoisotopic (exact) mass is 238 g/mol. The molecule has 5 nitrogen and oxygen atoms in total. The Hall–Kier alpha value is -1.36. The van der Waals surface area contributed by atoms with E-state index in [4.69, 9.17) is 10.5 Å². The molecule has 1 aromatic heterocycles. The van der Waals surface area contributed by atoms with Crippen LogP contribution in [0.2, 0.25) is 0 Å². The molecule has 0 aliphatic rings. The van der Waals surface area contributed by atoms with Gasteiger partial charge in [0.25, 0.3) is 0 Å². The van der Waals surface area contributed by atoms with Crippen molar-refractivity contribution in [2.75, 3.05) is 24.5 Å². The van der Waals surface area contributed by atoms with Gasteiger partial charge in [-0.05, 0) is 33.7 Å². The van der Waals surface area contributed by atoms with Crippen molar-refractivity contribution < 1.29 is 4.74 Å². The molecule has 0 unspecified atom stereocenters. The third kappa shape index (κ3) is 4.56. The molecule has 2 N–H and O–H groups in total. The highest BCUT2D eigenvalue weighted by molar-refractivity contribution is 5.31. The predicted octanol–water partition coefficient (Wildman–Crippen LogP) is 1.44. The number of ether oxygens (including phenoxy) is 1. The summed E-state index contributed by atoms with van der Waals surface area (Å²) < 4.78 is 5.55. The Morgan fingerprint density at radius 1 is 1.47 bits per heavy atom. The molecule has 96 valence electrons. The third-order valence-electron chi connectivity index (χ3n) is 2.27. The first-order valence-electron chi connectivity index (χ1n) is 6.12. The van der Waals surface area contributed by atoms with Gasteiger partial charge < -0.3 is 15.4 Å². The van der Waals surface area contributed by atoms with Crippen LogP contribution in [0.3, 0.4) is 0 Å². The van der Waals surface area contributed by atoms with E-state index in [0.717, 1.165) is 19.5 Å². The molecular weight excluding hydrogens is 216 g/mol. The van der Waals surface area contributed by atoms with Crippen molar-refractivity contribution in [3.63, 3.8) is 0 Å². The maximum absolute atomic E-state index is 5.55. The fraction of sp³-hybridized carbons (Fsp3) is 0.667. The van der Waals surface area contributed by atoms with E-state index in [9.17, 15) is 0 Å². The molecule has 1 rings (SSSR count). The first-order chi connectivity index (χ1) is 8.17. The molecule has 17 heavy (non-hydrogen) atoms. The first kappa shape index (κ1) is 13.7. The second-order valence-corrected chi connectivity index (χ2v) is 4.08. The summed E-state index contributed by atoms with van der Waals surface area (Å²) >= 11 is 0. The summed E-state index contributed by atoms with van der Waals surface area (Å²) in [5.41, 5.74) is 5.51. The van der Waals surface area contributed by atoms with Crippen molar-refractivity contribution in [1.82, 2.24) is 9.97 Å². The van der Waals surface area contributed by atoms with Crippen LogP contribution in [0, 0.1) is 0 Å². The SMILES string of the molecule is CCN(CCCN)c1nccc(OC(C)C)n1. The Labute approximate surface area is 103 Å². The summed E-state index contributed by atoms with van der Waals surface area (Å²) in [6.07, 6.45) is 2.79. The van der Waals surface area contributed by atoms with Crippen molar-refractivity contribution in [2.45, 2.75) is 33.3 Å². The molecule has 0 fully saturated rings. The van der Waals surface area contributed by atoms with Gasteiger partial charge in [0.1, 0.15) is 0 Å². The Balaban J connectivity index is 2.73. The summed E-state index contributed by atoms with van der Waals surface area (Å²) in [5.74, 6) is 1.33. The number of hydrogen-bond acceptors (Lipinski definition) is 5. The van der Waals surface area contributed by atoms with E-state index in [1.165, 1.54) is 0 Å². The Bertz CT molecular complexity index is 330. The molecule has 0 saturated heterocycles. The van der Waals surface area contributed by atoms with Crippen LogP contribution in [0.5, 0.6) is 5.88 Å². The second-order valence-electron chi connectivity index (χ2n) is 4.08. The molecule has 0 amide bonds. The summed E-state index contributed by atoms with van der Waals surface area (Å²) in [5, 5.41) is 0. The molecule has 1 aromatic rings. The number of nitrogens with two attached hydrogens (primary N) is 1. The lowest BCUT2D eigenvalue weighted by molar-refractivity contribution is 0.232. The first-order valence-corrected chi connectivity index (χ1v) is 6.12. The van der Waals surface area contributed by atoms with E-state index in [-0.39, 0.29) is 6.10 Å². The summed E-state index contributed by atoms with van der Waals surface area (Å²) in [6, 6.07) is 1.78. The van der Waals surface area contributed by atoms with E-state index in [0.29, 0.717) is 18.4 Å². The zero-order valence-corrected chi connectivity index (χ0v) is 10.9. The van der Waals surface area contributed by atoms with E-state index in [1.54, 1.807) is 12.3 Å². The number of nitrogens with zero attached hydrogens (tertiary/aromatic N) is 3. The van der Waals surface area contributed by atoms with Gasteiger partial charge in [-0.3, -0.25) is 0 Å². The maximum Gasteiger partial charge on any atom is 0.228 e. The van der Waals surface area contributed by atoms with Gasteiger partial charge in [-0.2, -0.15) is 4.98 Å². The maximum atomic E-state index is 5.55. The Morgan fingerprint density at radius 3 is 2.82 bits per heavy atom. The van der Waals surface area contributed by atoms with Crippen LogP contribution in [0.4, 0.5) is 5.95 Å². The normalized spacial score (nSPS) is 10.6. The van der Waals surface area contributed by atoms with E-state index < -0.39 is 0 Å². The molecule has 1 heterocycles. The molecule has 5 heteroatoms. The van der Waals surface area contributed by atoms with Gasteiger partial charge in [0.2, 0.25) is 11.8 Å². The molecule has 0 bridgehead atoms. The molecule has 0 radical (unpaired) electrons. The number of rotatable bonds is 7. The van der Waals surface area contributed by atoms with E-state index >= 15 is 0 Å². The zero-order chi connectivity index (χ0) is 12.7. The van der Waals surface area contributed by atoms with Gasteiger partial charge in [0.15, 0.2) is 0 Å². The molecule has 0 atom stereocenters. The topological polar surface area (TPSA) is 64.3 Å². The summed E-state index contributed by atoms with van der Waals surface area (Å²) in [6.45, 7) is 8.46. The highest BCUT2D eigenvalue weighted by atomic mass is 16.5. The van der Waals surface area contributed by atoms with Crippen molar-refractivity contribution in [2.24, 2.45) is 5.73 Å². The number of aromatic nitrogens is 2. The lowest BCUT2D eigenvalue weighted by Gasteiger charge is -2.20. The van der Waals surface area contributed by atoms with Crippen LogP contribution in [-0.4, -0.2) is 35.7 Å². The number of anilines is 1. The molecule has 0 spiro atoms. The van der Waals surface area contributed by atoms with Crippen LogP contribution >= 0.6 is 0 Å². The average molecular weight is 238 g/mol. The highest BCUT2D eigenvalue weighted by Crippen LogP contribution is 2.13. The zero-order valence-electron chi connectivity index (χ0n) is 10.9. The highest BCUT2D eigenvalue weighted by Gasteiger charge is 2.08. The minimum Gasteiger partial charge on any atom is -0.475 e. The average Bonchev–Trinajstić information content (AvgIpc) is 2.30. The van der Waals surface area contributed by atoms with E-state index in [2.05, 4.69) is 21.8 Å². The van der Waals surface area contributed by atoms with Gasteiger partial charge in [-0.15, -0.1) is 0 Å². The largest absolute Gasteiger partial charge is 0.475 e. The van der Waals surface area contributed by atoms with Gasteiger partial charge in [0, 0.05) is 25.4 Å². The van der Waals surface area contributed by atoms with Gasteiger partial charge in [0.05, 0.1) is 6.10 Å². The Morgan fingerprint density at radius 2 is 2.24 bits per heavy atom. The van der Waals surface area contributed by atoms with Gasteiger partial charge >= 0.3 is 0 Å². The van der Waals surface area contributed by atoms with E-state index in [1.807, 2.05) is 13.8 Å². The molecule has 0 saturated carbocycles. The van der Waals surface area contributed by atoms with Crippen molar-refractivity contribution in [3.8, 4) is 5.88 Å². The second kappa shape index (κ2) is 7.06. The van der Waals surface area contributed by atoms with Crippen molar-refractivity contribution in [1.29, 1.82) is 0 Å². The molecule has 0 aliphatic heterocycles. The smallest absolute Gasteiger partial charge is 0.228 e. The summed E-state index contributed by atoms with van der Waals surface area (Å²) in [4.78, 5) is 10.8. The van der Waals surface area contributed by atoms with Crippen LogP contribution in [-0.2, 0) is 0 Å². The lowest BCUT2D eigenvalue weighted by atomic mass is 10.4. The molecule has 0 aromatic carbocycles. The fourth-order valence-corrected chi connectivity index (χ4v) is 1.47. The van der Waals surface area contributed by atoms with Crippen molar-refractivity contribution in [3.05, 3.63) is 12.3 Å².